The first-order valence-corrected chi connectivity index (χ1v) is 7.38. The molecule has 0 saturated carbocycles. The summed E-state index contributed by atoms with van der Waals surface area (Å²) in [6.45, 7) is 0. The lowest BCUT2D eigenvalue weighted by Crippen LogP contribution is -2.24. The van der Waals surface area contributed by atoms with E-state index in [0.29, 0.717) is 5.56 Å². The van der Waals surface area contributed by atoms with E-state index in [4.69, 9.17) is 10.5 Å². The number of benzene rings is 2. The average Bonchev–Trinajstić information content (AvgIpc) is 2.54. The quantitative estimate of drug-likeness (QED) is 0.926. The van der Waals surface area contributed by atoms with Crippen molar-refractivity contribution in [2.24, 2.45) is 5.73 Å². The summed E-state index contributed by atoms with van der Waals surface area (Å²) in [7, 11) is 1.48. The standard InChI is InChI=1S/C18H20FNO/c1-21-16-11-5-10-15(17(16)19)18(20)14-9-4-7-12-6-2-3-8-13(12)14/h2-3,5-6,8,10-11,14,18H,4,7,9,20H2,1H3. The third kappa shape index (κ3) is 2.54. The predicted octanol–water partition coefficient (Wildman–Crippen LogP) is 3.95. The van der Waals surface area contributed by atoms with Crippen LogP contribution in [0.5, 0.6) is 5.75 Å². The molecule has 0 saturated heterocycles. The van der Waals surface area contributed by atoms with Gasteiger partial charge in [-0.3, -0.25) is 0 Å². The van der Waals surface area contributed by atoms with Crippen LogP contribution in [-0.4, -0.2) is 7.11 Å². The first-order chi connectivity index (χ1) is 10.2. The Morgan fingerprint density at radius 1 is 1.19 bits per heavy atom. The second-order valence-corrected chi connectivity index (χ2v) is 5.59. The van der Waals surface area contributed by atoms with E-state index in [9.17, 15) is 4.39 Å². The smallest absolute Gasteiger partial charge is 0.169 e. The topological polar surface area (TPSA) is 35.2 Å². The van der Waals surface area contributed by atoms with Gasteiger partial charge in [-0.1, -0.05) is 36.4 Å². The van der Waals surface area contributed by atoms with Gasteiger partial charge in [0.1, 0.15) is 0 Å². The molecule has 0 spiro atoms. The van der Waals surface area contributed by atoms with Crippen LogP contribution in [-0.2, 0) is 6.42 Å². The van der Waals surface area contributed by atoms with Gasteiger partial charge < -0.3 is 10.5 Å². The minimum Gasteiger partial charge on any atom is -0.494 e. The van der Waals surface area contributed by atoms with E-state index in [-0.39, 0.29) is 23.5 Å². The van der Waals surface area contributed by atoms with Crippen LogP contribution in [0.15, 0.2) is 42.5 Å². The van der Waals surface area contributed by atoms with Crippen molar-refractivity contribution in [1.82, 2.24) is 0 Å². The molecular formula is C18H20FNO. The number of aryl methyl sites for hydroxylation is 1. The average molecular weight is 285 g/mol. The zero-order chi connectivity index (χ0) is 14.8. The molecule has 0 amide bonds. The van der Waals surface area contributed by atoms with Crippen molar-refractivity contribution in [2.45, 2.75) is 31.2 Å². The largest absolute Gasteiger partial charge is 0.494 e. The number of fused-ring (bicyclic) bond motifs is 1. The molecule has 0 aromatic heterocycles. The number of methoxy groups -OCH3 is 1. The first kappa shape index (κ1) is 14.1. The summed E-state index contributed by atoms with van der Waals surface area (Å²) < 4.78 is 19.5. The summed E-state index contributed by atoms with van der Waals surface area (Å²) in [5.74, 6) is 0.0826. The fourth-order valence-electron chi connectivity index (χ4n) is 3.32. The Morgan fingerprint density at radius 3 is 2.81 bits per heavy atom. The highest BCUT2D eigenvalue weighted by molar-refractivity contribution is 5.39. The van der Waals surface area contributed by atoms with Crippen LogP contribution in [0.1, 0.15) is 41.5 Å². The summed E-state index contributed by atoms with van der Waals surface area (Å²) in [4.78, 5) is 0. The van der Waals surface area contributed by atoms with E-state index in [0.717, 1.165) is 19.3 Å². The maximum absolute atomic E-state index is 14.4. The number of halogens is 1. The van der Waals surface area contributed by atoms with Gasteiger partial charge in [-0.2, -0.15) is 0 Å². The Bertz CT molecular complexity index is 641. The van der Waals surface area contributed by atoms with Crippen molar-refractivity contribution in [3.8, 4) is 5.75 Å². The van der Waals surface area contributed by atoms with E-state index >= 15 is 0 Å². The van der Waals surface area contributed by atoms with Gasteiger partial charge in [0.25, 0.3) is 0 Å². The van der Waals surface area contributed by atoms with Gasteiger partial charge in [-0.15, -0.1) is 0 Å². The van der Waals surface area contributed by atoms with Crippen LogP contribution in [0.3, 0.4) is 0 Å². The summed E-state index contributed by atoms with van der Waals surface area (Å²) >= 11 is 0. The van der Waals surface area contributed by atoms with Crippen molar-refractivity contribution in [3.63, 3.8) is 0 Å². The normalized spacial score (nSPS) is 18.9. The molecule has 3 heteroatoms. The molecule has 1 aliphatic carbocycles. The summed E-state index contributed by atoms with van der Waals surface area (Å²) in [6, 6.07) is 13.2. The Kier molecular flexibility index (Phi) is 3.93. The minimum atomic E-state index is -0.346. The fraction of sp³-hybridized carbons (Fsp3) is 0.333. The van der Waals surface area contributed by atoms with Crippen LogP contribution in [0, 0.1) is 5.82 Å². The SMILES string of the molecule is COc1cccc(C(N)C2CCCc3ccccc32)c1F. The molecule has 0 heterocycles. The van der Waals surface area contributed by atoms with E-state index in [2.05, 4.69) is 18.2 Å². The van der Waals surface area contributed by atoms with Gasteiger partial charge in [-0.05, 0) is 36.5 Å². The highest BCUT2D eigenvalue weighted by Gasteiger charge is 2.28. The van der Waals surface area contributed by atoms with Gasteiger partial charge in [0.2, 0.25) is 0 Å². The van der Waals surface area contributed by atoms with Crippen LogP contribution in [0.4, 0.5) is 4.39 Å². The Labute approximate surface area is 124 Å². The molecule has 3 rings (SSSR count). The lowest BCUT2D eigenvalue weighted by atomic mass is 9.77. The Hall–Kier alpha value is -1.87. The van der Waals surface area contributed by atoms with Crippen molar-refractivity contribution >= 4 is 0 Å². The summed E-state index contributed by atoms with van der Waals surface area (Å²) in [5, 5.41) is 0. The van der Waals surface area contributed by atoms with Gasteiger partial charge >= 0.3 is 0 Å². The molecule has 2 nitrogen and oxygen atoms in total. The summed E-state index contributed by atoms with van der Waals surface area (Å²) in [6.07, 6.45) is 3.18. The maximum Gasteiger partial charge on any atom is 0.169 e. The van der Waals surface area contributed by atoms with E-state index in [1.807, 2.05) is 6.07 Å². The highest BCUT2D eigenvalue weighted by atomic mass is 19.1. The molecule has 110 valence electrons. The Morgan fingerprint density at radius 2 is 2.00 bits per heavy atom. The number of hydrogen-bond acceptors (Lipinski definition) is 2. The van der Waals surface area contributed by atoms with E-state index < -0.39 is 0 Å². The predicted molar refractivity (Wildman–Crippen MR) is 82.0 cm³/mol. The van der Waals surface area contributed by atoms with Crippen molar-refractivity contribution < 1.29 is 9.13 Å². The highest BCUT2D eigenvalue weighted by Crippen LogP contribution is 2.40. The second kappa shape index (κ2) is 5.86. The summed E-state index contributed by atoms with van der Waals surface area (Å²) in [5.41, 5.74) is 9.55. The monoisotopic (exact) mass is 285 g/mol. The van der Waals surface area contributed by atoms with Crippen LogP contribution in [0.2, 0.25) is 0 Å². The third-order valence-electron chi connectivity index (χ3n) is 4.42. The molecule has 0 radical (unpaired) electrons. The third-order valence-corrected chi connectivity index (χ3v) is 4.42. The maximum atomic E-state index is 14.4. The van der Waals surface area contributed by atoms with Gasteiger partial charge in [0.05, 0.1) is 7.11 Å². The molecule has 0 fully saturated rings. The molecule has 2 aromatic carbocycles. The molecule has 2 aromatic rings. The molecule has 0 bridgehead atoms. The van der Waals surface area contributed by atoms with Crippen molar-refractivity contribution in [1.29, 1.82) is 0 Å². The second-order valence-electron chi connectivity index (χ2n) is 5.59. The van der Waals surface area contributed by atoms with E-state index in [1.54, 1.807) is 18.2 Å². The molecule has 21 heavy (non-hydrogen) atoms. The Balaban J connectivity index is 1.98. The zero-order valence-corrected chi connectivity index (χ0v) is 12.2. The number of hydrogen-bond donors (Lipinski definition) is 1. The van der Waals surface area contributed by atoms with Gasteiger partial charge in [0, 0.05) is 17.5 Å². The minimum absolute atomic E-state index is 0.163. The van der Waals surface area contributed by atoms with Crippen molar-refractivity contribution in [3.05, 3.63) is 65.0 Å². The molecule has 0 aliphatic heterocycles. The number of rotatable bonds is 3. The van der Waals surface area contributed by atoms with Gasteiger partial charge in [0.15, 0.2) is 11.6 Å². The van der Waals surface area contributed by atoms with Crippen LogP contribution >= 0.6 is 0 Å². The molecule has 1 aliphatic rings. The molecule has 2 N–H and O–H groups in total. The number of ether oxygens (including phenoxy) is 1. The van der Waals surface area contributed by atoms with Crippen molar-refractivity contribution in [2.75, 3.05) is 7.11 Å². The first-order valence-electron chi connectivity index (χ1n) is 7.38. The lowest BCUT2D eigenvalue weighted by molar-refractivity contribution is 0.377. The van der Waals surface area contributed by atoms with E-state index in [1.165, 1.54) is 18.2 Å². The van der Waals surface area contributed by atoms with Crippen LogP contribution < -0.4 is 10.5 Å². The molecular weight excluding hydrogens is 265 g/mol. The zero-order valence-electron chi connectivity index (χ0n) is 12.2. The molecule has 2 atom stereocenters. The van der Waals surface area contributed by atoms with Gasteiger partial charge in [-0.25, -0.2) is 4.39 Å². The van der Waals surface area contributed by atoms with Crippen LogP contribution in [0.25, 0.3) is 0 Å². The fourth-order valence-corrected chi connectivity index (χ4v) is 3.32. The lowest BCUT2D eigenvalue weighted by Gasteiger charge is -2.30. The number of nitrogens with two attached hydrogens (primary N) is 1. The molecule has 2 unspecified atom stereocenters.